The molecule has 0 fully saturated rings. The van der Waals surface area contributed by atoms with Gasteiger partial charge in [-0.05, 0) is 57.0 Å². The van der Waals surface area contributed by atoms with Gasteiger partial charge in [-0.25, -0.2) is 8.42 Å². The molecule has 0 saturated heterocycles. The quantitative estimate of drug-likeness (QED) is 0.545. The van der Waals surface area contributed by atoms with Crippen LogP contribution in [0.15, 0.2) is 46.9 Å². The summed E-state index contributed by atoms with van der Waals surface area (Å²) >= 11 is 3.42. The van der Waals surface area contributed by atoms with E-state index in [9.17, 15) is 18.0 Å². The van der Waals surface area contributed by atoms with Crippen molar-refractivity contribution in [3.05, 3.63) is 63.6 Å². The molecule has 2 aromatic carbocycles. The van der Waals surface area contributed by atoms with Crippen LogP contribution in [0.3, 0.4) is 0 Å². The summed E-state index contributed by atoms with van der Waals surface area (Å²) in [4.78, 5) is 27.4. The van der Waals surface area contributed by atoms with E-state index in [0.717, 1.165) is 31.7 Å². The van der Waals surface area contributed by atoms with Crippen LogP contribution in [0.25, 0.3) is 0 Å². The van der Waals surface area contributed by atoms with E-state index < -0.39 is 28.5 Å². The van der Waals surface area contributed by atoms with Crippen LogP contribution in [0, 0.1) is 13.8 Å². The normalized spacial score (nSPS) is 12.2. The summed E-state index contributed by atoms with van der Waals surface area (Å²) in [5.41, 5.74) is 3.01. The zero-order valence-electron chi connectivity index (χ0n) is 19.1. The molecule has 0 aliphatic heterocycles. The van der Waals surface area contributed by atoms with Crippen molar-refractivity contribution in [2.24, 2.45) is 0 Å². The molecule has 7 nitrogen and oxygen atoms in total. The third kappa shape index (κ3) is 6.80. The number of carbonyl (C=O) groups is 2. The first-order valence-corrected chi connectivity index (χ1v) is 12.9. The minimum Gasteiger partial charge on any atom is -0.355 e. The summed E-state index contributed by atoms with van der Waals surface area (Å²) in [5, 5.41) is 2.73. The molecule has 174 valence electrons. The molecule has 0 radical (unpaired) electrons. The highest BCUT2D eigenvalue weighted by Crippen LogP contribution is 2.24. The molecule has 0 unspecified atom stereocenters. The molecule has 9 heteroatoms. The maximum absolute atomic E-state index is 13.4. The number of sulfonamides is 1. The van der Waals surface area contributed by atoms with Gasteiger partial charge < -0.3 is 10.2 Å². The predicted octanol–water partition coefficient (Wildman–Crippen LogP) is 3.39. The zero-order valence-corrected chi connectivity index (χ0v) is 21.5. The van der Waals surface area contributed by atoms with Gasteiger partial charge in [-0.2, -0.15) is 0 Å². The third-order valence-corrected chi connectivity index (χ3v) is 6.68. The van der Waals surface area contributed by atoms with Crippen LogP contribution >= 0.6 is 15.9 Å². The van der Waals surface area contributed by atoms with Gasteiger partial charge in [-0.3, -0.25) is 13.9 Å². The number of aryl methyl sites for hydroxylation is 2. The molecule has 0 saturated carbocycles. The highest BCUT2D eigenvalue weighted by Gasteiger charge is 2.30. The Kier molecular flexibility index (Phi) is 8.86. The molecule has 0 spiro atoms. The summed E-state index contributed by atoms with van der Waals surface area (Å²) in [6, 6.07) is 12.0. The van der Waals surface area contributed by atoms with Gasteiger partial charge in [0.15, 0.2) is 0 Å². The number of nitrogens with one attached hydrogen (secondary N) is 1. The highest BCUT2D eigenvalue weighted by molar-refractivity contribution is 9.10. The average molecular weight is 524 g/mol. The minimum atomic E-state index is -3.74. The topological polar surface area (TPSA) is 86.8 Å². The lowest BCUT2D eigenvalue weighted by Gasteiger charge is -2.32. The van der Waals surface area contributed by atoms with Crippen molar-refractivity contribution in [3.8, 4) is 0 Å². The van der Waals surface area contributed by atoms with Crippen LogP contribution < -0.4 is 9.62 Å². The number of anilines is 1. The summed E-state index contributed by atoms with van der Waals surface area (Å²) in [6.07, 6.45) is 1.07. The summed E-state index contributed by atoms with van der Waals surface area (Å²) in [6.45, 7) is 7.36. The number of benzene rings is 2. The van der Waals surface area contributed by atoms with Crippen molar-refractivity contribution in [2.45, 2.75) is 40.3 Å². The number of rotatable bonds is 9. The Labute approximate surface area is 199 Å². The van der Waals surface area contributed by atoms with Gasteiger partial charge in [0, 0.05) is 17.6 Å². The number of hydrogen-bond donors (Lipinski definition) is 1. The van der Waals surface area contributed by atoms with Gasteiger partial charge in [0.05, 0.1) is 11.9 Å². The molecule has 1 N–H and O–H groups in total. The molecule has 32 heavy (non-hydrogen) atoms. The lowest BCUT2D eigenvalue weighted by atomic mass is 10.1. The van der Waals surface area contributed by atoms with Crippen LogP contribution in [0.2, 0.25) is 0 Å². The monoisotopic (exact) mass is 523 g/mol. The SMILES string of the molecule is CCNC(=O)[C@H](C)N(Cc1cccc(Br)c1)C(=O)CN(c1ccc(C)cc1C)S(C)(=O)=O. The lowest BCUT2D eigenvalue weighted by molar-refractivity contribution is -0.139. The molecular weight excluding hydrogens is 494 g/mol. The Balaban J connectivity index is 2.42. The Morgan fingerprint density at radius 3 is 2.38 bits per heavy atom. The van der Waals surface area contributed by atoms with Crippen molar-refractivity contribution in [3.63, 3.8) is 0 Å². The van der Waals surface area contributed by atoms with Crippen molar-refractivity contribution < 1.29 is 18.0 Å². The van der Waals surface area contributed by atoms with Gasteiger partial charge in [-0.15, -0.1) is 0 Å². The van der Waals surface area contributed by atoms with Gasteiger partial charge in [-0.1, -0.05) is 45.8 Å². The van der Waals surface area contributed by atoms with Crippen LogP contribution in [-0.2, 0) is 26.2 Å². The molecule has 1 atom stereocenters. The van der Waals surface area contributed by atoms with Crippen molar-refractivity contribution in [2.75, 3.05) is 23.7 Å². The first kappa shape index (κ1) is 25.9. The van der Waals surface area contributed by atoms with E-state index in [-0.39, 0.29) is 12.5 Å². The van der Waals surface area contributed by atoms with E-state index in [2.05, 4.69) is 21.2 Å². The summed E-state index contributed by atoms with van der Waals surface area (Å²) in [7, 11) is -3.74. The second-order valence-electron chi connectivity index (χ2n) is 7.78. The molecule has 2 rings (SSSR count). The second-order valence-corrected chi connectivity index (χ2v) is 10.6. The van der Waals surface area contributed by atoms with Gasteiger partial charge in [0.1, 0.15) is 12.6 Å². The summed E-state index contributed by atoms with van der Waals surface area (Å²) < 4.78 is 27.2. The van der Waals surface area contributed by atoms with E-state index in [4.69, 9.17) is 0 Å². The van der Waals surface area contributed by atoms with E-state index in [1.165, 1.54) is 4.90 Å². The maximum Gasteiger partial charge on any atom is 0.244 e. The standard InChI is InChI=1S/C23H30BrN3O4S/c1-6-25-23(29)18(4)26(14-19-8-7-9-20(24)13-19)22(28)15-27(32(5,30)31)21-11-10-16(2)12-17(21)3/h7-13,18H,6,14-15H2,1-5H3,(H,25,29)/t18-/m0/s1. The Morgan fingerprint density at radius 1 is 1.12 bits per heavy atom. The van der Waals surface area contributed by atoms with E-state index in [1.807, 2.05) is 50.2 Å². The Morgan fingerprint density at radius 2 is 1.81 bits per heavy atom. The number of nitrogens with zero attached hydrogens (tertiary/aromatic N) is 2. The first-order valence-electron chi connectivity index (χ1n) is 10.3. The van der Waals surface area contributed by atoms with E-state index in [0.29, 0.717) is 12.2 Å². The zero-order chi connectivity index (χ0) is 24.1. The number of carbonyl (C=O) groups excluding carboxylic acids is 2. The van der Waals surface area contributed by atoms with Gasteiger partial charge >= 0.3 is 0 Å². The molecule has 2 aromatic rings. The molecule has 2 amide bonds. The fraction of sp³-hybridized carbons (Fsp3) is 0.391. The number of halogens is 1. The Bertz CT molecular complexity index is 1090. The van der Waals surface area contributed by atoms with Gasteiger partial charge in [0.25, 0.3) is 0 Å². The minimum absolute atomic E-state index is 0.168. The van der Waals surface area contributed by atoms with Crippen LogP contribution in [0.1, 0.15) is 30.5 Å². The molecular formula is C23H30BrN3O4S. The maximum atomic E-state index is 13.4. The molecule has 0 aliphatic carbocycles. The van der Waals surface area contributed by atoms with Crippen molar-refractivity contribution in [1.29, 1.82) is 0 Å². The fourth-order valence-corrected chi connectivity index (χ4v) is 4.77. The van der Waals surface area contributed by atoms with Gasteiger partial charge in [0.2, 0.25) is 21.8 Å². The fourth-order valence-electron chi connectivity index (χ4n) is 3.42. The smallest absolute Gasteiger partial charge is 0.244 e. The third-order valence-electron chi connectivity index (χ3n) is 5.06. The van der Waals surface area contributed by atoms with E-state index >= 15 is 0 Å². The Hall–Kier alpha value is -2.39. The lowest BCUT2D eigenvalue weighted by Crippen LogP contribution is -2.51. The number of likely N-dealkylation sites (N-methyl/N-ethyl adjacent to an activating group) is 1. The highest BCUT2D eigenvalue weighted by atomic mass is 79.9. The number of amides is 2. The van der Waals surface area contributed by atoms with Crippen LogP contribution in [-0.4, -0.2) is 50.5 Å². The second kappa shape index (κ2) is 11.0. The van der Waals surface area contributed by atoms with Crippen molar-refractivity contribution in [1.82, 2.24) is 10.2 Å². The molecule has 0 bridgehead atoms. The average Bonchev–Trinajstić information content (AvgIpc) is 2.69. The van der Waals surface area contributed by atoms with Crippen molar-refractivity contribution >= 4 is 43.5 Å². The molecule has 0 aliphatic rings. The van der Waals surface area contributed by atoms with Crippen LogP contribution in [0.5, 0.6) is 0 Å². The van der Waals surface area contributed by atoms with E-state index in [1.54, 1.807) is 19.9 Å². The largest absolute Gasteiger partial charge is 0.355 e. The first-order chi connectivity index (χ1) is 14.9. The molecule has 0 aromatic heterocycles. The number of hydrogen-bond acceptors (Lipinski definition) is 4. The molecule has 0 heterocycles. The summed E-state index contributed by atoms with van der Waals surface area (Å²) in [5.74, 6) is -0.762. The van der Waals surface area contributed by atoms with Crippen LogP contribution in [0.4, 0.5) is 5.69 Å². The predicted molar refractivity (Wildman–Crippen MR) is 131 cm³/mol.